The Morgan fingerprint density at radius 3 is 2.67 bits per heavy atom. The Morgan fingerprint density at radius 2 is 2.06 bits per heavy atom. The molecular formula is C16H20O2. The van der Waals surface area contributed by atoms with Crippen molar-refractivity contribution in [2.45, 2.75) is 46.0 Å². The maximum atomic E-state index is 10.9. The predicted molar refractivity (Wildman–Crippen MR) is 73.8 cm³/mol. The van der Waals surface area contributed by atoms with Crippen molar-refractivity contribution >= 4 is 5.97 Å². The van der Waals surface area contributed by atoms with Gasteiger partial charge in [0.2, 0.25) is 0 Å². The highest BCUT2D eigenvalue weighted by Crippen LogP contribution is 2.10. The fourth-order valence-corrected chi connectivity index (χ4v) is 1.79. The topological polar surface area (TPSA) is 37.3 Å². The van der Waals surface area contributed by atoms with Crippen LogP contribution in [0.4, 0.5) is 0 Å². The van der Waals surface area contributed by atoms with Crippen LogP contribution in [0.15, 0.2) is 18.2 Å². The zero-order chi connectivity index (χ0) is 13.4. The highest BCUT2D eigenvalue weighted by Gasteiger charge is 2.05. The molecule has 0 fully saturated rings. The maximum absolute atomic E-state index is 10.9. The summed E-state index contributed by atoms with van der Waals surface area (Å²) in [6.07, 6.45) is 5.81. The molecular weight excluding hydrogens is 224 g/mol. The van der Waals surface area contributed by atoms with Gasteiger partial charge in [-0.15, -0.1) is 0 Å². The van der Waals surface area contributed by atoms with Gasteiger partial charge in [-0.05, 0) is 37.1 Å². The molecule has 1 aromatic rings. The van der Waals surface area contributed by atoms with Crippen LogP contribution in [0.1, 0.15) is 60.5 Å². The van der Waals surface area contributed by atoms with Crippen molar-refractivity contribution in [1.29, 1.82) is 0 Å². The van der Waals surface area contributed by atoms with Gasteiger partial charge in [-0.3, -0.25) is 0 Å². The van der Waals surface area contributed by atoms with Gasteiger partial charge in [0.15, 0.2) is 0 Å². The van der Waals surface area contributed by atoms with Crippen molar-refractivity contribution in [1.82, 2.24) is 0 Å². The van der Waals surface area contributed by atoms with Crippen molar-refractivity contribution in [3.8, 4) is 11.8 Å². The van der Waals surface area contributed by atoms with Gasteiger partial charge in [-0.25, -0.2) is 4.79 Å². The number of unbranched alkanes of at least 4 members (excludes halogenated alkanes) is 4. The van der Waals surface area contributed by atoms with Crippen LogP contribution >= 0.6 is 0 Å². The molecule has 0 atom stereocenters. The standard InChI is InChI=1S/C16H20O2/c1-3-4-5-6-7-8-9-14-10-11-15(16(17)18)13(2)12-14/h10-12H,3-7H2,1-2H3,(H,17,18). The van der Waals surface area contributed by atoms with Gasteiger partial charge < -0.3 is 5.11 Å². The van der Waals surface area contributed by atoms with Gasteiger partial charge in [0.25, 0.3) is 0 Å². The third kappa shape index (κ3) is 4.63. The van der Waals surface area contributed by atoms with Gasteiger partial charge in [-0.2, -0.15) is 0 Å². The summed E-state index contributed by atoms with van der Waals surface area (Å²) >= 11 is 0. The lowest BCUT2D eigenvalue weighted by Gasteiger charge is -2.00. The van der Waals surface area contributed by atoms with Crippen LogP contribution in [0.25, 0.3) is 0 Å². The van der Waals surface area contributed by atoms with Crippen molar-refractivity contribution < 1.29 is 9.90 Å². The SMILES string of the molecule is CCCCCCC#Cc1ccc(C(=O)O)c(C)c1. The average Bonchev–Trinajstić information content (AvgIpc) is 2.33. The van der Waals surface area contributed by atoms with E-state index in [4.69, 9.17) is 5.11 Å². The third-order valence-electron chi connectivity index (χ3n) is 2.84. The van der Waals surface area contributed by atoms with Gasteiger partial charge in [0.1, 0.15) is 0 Å². The van der Waals surface area contributed by atoms with Gasteiger partial charge >= 0.3 is 5.97 Å². The molecule has 18 heavy (non-hydrogen) atoms. The van der Waals surface area contributed by atoms with Crippen LogP contribution in [-0.4, -0.2) is 11.1 Å². The number of aryl methyl sites for hydroxylation is 1. The summed E-state index contributed by atoms with van der Waals surface area (Å²) in [6, 6.07) is 5.23. The average molecular weight is 244 g/mol. The Kier molecular flexibility index (Phi) is 6.00. The first-order chi connectivity index (χ1) is 8.65. The smallest absolute Gasteiger partial charge is 0.335 e. The maximum Gasteiger partial charge on any atom is 0.335 e. The fourth-order valence-electron chi connectivity index (χ4n) is 1.79. The lowest BCUT2D eigenvalue weighted by molar-refractivity contribution is 0.0696. The molecule has 96 valence electrons. The molecule has 0 aliphatic rings. The Bertz CT molecular complexity index is 464. The molecule has 2 nitrogen and oxygen atoms in total. The molecule has 0 saturated carbocycles. The minimum atomic E-state index is -0.883. The largest absolute Gasteiger partial charge is 0.478 e. The second-order valence-electron chi connectivity index (χ2n) is 4.45. The van der Waals surface area contributed by atoms with Crippen molar-refractivity contribution in [3.05, 3.63) is 34.9 Å². The van der Waals surface area contributed by atoms with E-state index in [1.165, 1.54) is 19.3 Å². The Hall–Kier alpha value is -1.75. The summed E-state index contributed by atoms with van der Waals surface area (Å²) in [6.45, 7) is 3.99. The van der Waals surface area contributed by atoms with E-state index in [1.54, 1.807) is 19.1 Å². The predicted octanol–water partition coefficient (Wildman–Crippen LogP) is 4.02. The minimum Gasteiger partial charge on any atom is -0.478 e. The number of carboxylic acid groups (broad SMARTS) is 1. The number of benzene rings is 1. The summed E-state index contributed by atoms with van der Waals surface area (Å²) in [5, 5.41) is 8.92. The molecule has 0 radical (unpaired) electrons. The molecule has 0 aliphatic heterocycles. The normalized spacial score (nSPS) is 9.67. The summed E-state index contributed by atoms with van der Waals surface area (Å²) in [5.74, 6) is 5.34. The number of aromatic carboxylic acids is 1. The first kappa shape index (κ1) is 14.3. The van der Waals surface area contributed by atoms with Gasteiger partial charge in [0.05, 0.1) is 5.56 Å². The molecule has 0 spiro atoms. The van der Waals surface area contributed by atoms with E-state index in [0.29, 0.717) is 5.56 Å². The van der Waals surface area contributed by atoms with E-state index in [-0.39, 0.29) is 0 Å². The van der Waals surface area contributed by atoms with E-state index in [1.807, 2.05) is 6.07 Å². The monoisotopic (exact) mass is 244 g/mol. The summed E-state index contributed by atoms with van der Waals surface area (Å²) < 4.78 is 0. The lowest BCUT2D eigenvalue weighted by atomic mass is 10.1. The molecule has 1 aromatic carbocycles. The van der Waals surface area contributed by atoms with E-state index in [0.717, 1.165) is 24.0 Å². The Morgan fingerprint density at radius 1 is 1.28 bits per heavy atom. The highest BCUT2D eigenvalue weighted by molar-refractivity contribution is 5.89. The van der Waals surface area contributed by atoms with Crippen molar-refractivity contribution in [2.75, 3.05) is 0 Å². The second kappa shape index (κ2) is 7.55. The van der Waals surface area contributed by atoms with Crippen LogP contribution in [0.2, 0.25) is 0 Å². The summed E-state index contributed by atoms with van der Waals surface area (Å²) in [4.78, 5) is 10.9. The molecule has 0 aromatic heterocycles. The Balaban J connectivity index is 2.56. The summed E-state index contributed by atoms with van der Waals surface area (Å²) in [7, 11) is 0. The molecule has 0 amide bonds. The third-order valence-corrected chi connectivity index (χ3v) is 2.84. The van der Waals surface area contributed by atoms with Crippen LogP contribution in [0.3, 0.4) is 0 Å². The zero-order valence-corrected chi connectivity index (χ0v) is 11.1. The quantitative estimate of drug-likeness (QED) is 0.627. The number of hydrogen-bond acceptors (Lipinski definition) is 1. The zero-order valence-electron chi connectivity index (χ0n) is 11.1. The molecule has 2 heteroatoms. The molecule has 0 bridgehead atoms. The highest BCUT2D eigenvalue weighted by atomic mass is 16.4. The van der Waals surface area contributed by atoms with Crippen molar-refractivity contribution in [3.63, 3.8) is 0 Å². The van der Waals surface area contributed by atoms with Crippen LogP contribution in [-0.2, 0) is 0 Å². The van der Waals surface area contributed by atoms with E-state index in [9.17, 15) is 4.79 Å². The van der Waals surface area contributed by atoms with Crippen molar-refractivity contribution in [2.24, 2.45) is 0 Å². The van der Waals surface area contributed by atoms with Crippen LogP contribution in [0.5, 0.6) is 0 Å². The first-order valence-corrected chi connectivity index (χ1v) is 6.48. The Labute approximate surface area is 109 Å². The van der Waals surface area contributed by atoms with E-state index in [2.05, 4.69) is 18.8 Å². The number of hydrogen-bond donors (Lipinski definition) is 1. The molecule has 1 N–H and O–H groups in total. The molecule has 0 heterocycles. The molecule has 0 unspecified atom stereocenters. The second-order valence-corrected chi connectivity index (χ2v) is 4.45. The van der Waals surface area contributed by atoms with Crippen LogP contribution in [0, 0.1) is 18.8 Å². The molecule has 0 aliphatic carbocycles. The molecule has 0 saturated heterocycles. The fraction of sp³-hybridized carbons (Fsp3) is 0.438. The number of carboxylic acids is 1. The van der Waals surface area contributed by atoms with Gasteiger partial charge in [-0.1, -0.05) is 38.0 Å². The minimum absolute atomic E-state index is 0.350. The summed E-state index contributed by atoms with van der Waals surface area (Å²) in [5.41, 5.74) is 2.01. The van der Waals surface area contributed by atoms with Gasteiger partial charge in [0, 0.05) is 12.0 Å². The number of carbonyl (C=O) groups is 1. The van der Waals surface area contributed by atoms with E-state index < -0.39 is 5.97 Å². The molecule has 1 rings (SSSR count). The lowest BCUT2D eigenvalue weighted by Crippen LogP contribution is -1.99. The van der Waals surface area contributed by atoms with E-state index >= 15 is 0 Å². The first-order valence-electron chi connectivity index (χ1n) is 6.48. The van der Waals surface area contributed by atoms with Crippen LogP contribution < -0.4 is 0 Å². The number of rotatable bonds is 5.